The van der Waals surface area contributed by atoms with Gasteiger partial charge in [0.2, 0.25) is 5.91 Å². The summed E-state index contributed by atoms with van der Waals surface area (Å²) in [6.07, 6.45) is 0. The summed E-state index contributed by atoms with van der Waals surface area (Å²) in [5, 5.41) is 3.18. The Kier molecular flexibility index (Phi) is 5.88. The largest absolute Gasteiger partial charge is 0.495 e. The van der Waals surface area contributed by atoms with Gasteiger partial charge in [0.15, 0.2) is 0 Å². The van der Waals surface area contributed by atoms with Crippen LogP contribution >= 0.6 is 0 Å². The highest BCUT2D eigenvalue weighted by molar-refractivity contribution is 5.96. The number of hydrogen-bond acceptors (Lipinski definition) is 3. The normalized spacial score (nSPS) is 10.2. The third-order valence-corrected chi connectivity index (χ3v) is 4.09. The average Bonchev–Trinajstić information content (AvgIpc) is 2.72. The van der Waals surface area contributed by atoms with Gasteiger partial charge < -0.3 is 15.0 Å². The van der Waals surface area contributed by atoms with Gasteiger partial charge in [-0.25, -0.2) is 0 Å². The Morgan fingerprint density at radius 3 is 2.19 bits per heavy atom. The molecule has 0 aliphatic rings. The van der Waals surface area contributed by atoms with Crippen molar-refractivity contribution < 1.29 is 9.53 Å². The first kappa shape index (κ1) is 17.5. The molecule has 4 heteroatoms. The lowest BCUT2D eigenvalue weighted by molar-refractivity contribution is -0.117. The molecule has 0 aliphatic heterocycles. The Morgan fingerprint density at radius 2 is 1.50 bits per heavy atom. The van der Waals surface area contributed by atoms with Crippen molar-refractivity contribution in [3.63, 3.8) is 0 Å². The minimum Gasteiger partial charge on any atom is -0.495 e. The number of para-hydroxylation sites is 3. The van der Waals surface area contributed by atoms with Crippen LogP contribution in [0.1, 0.15) is 5.56 Å². The number of carbonyl (C=O) groups is 1. The number of hydrogen-bond donors (Lipinski definition) is 1. The van der Waals surface area contributed by atoms with Crippen molar-refractivity contribution in [2.75, 3.05) is 23.9 Å². The van der Waals surface area contributed by atoms with Crippen molar-refractivity contribution in [1.82, 2.24) is 0 Å². The van der Waals surface area contributed by atoms with Gasteiger partial charge in [0.1, 0.15) is 5.75 Å². The Balaban J connectivity index is 1.76. The van der Waals surface area contributed by atoms with Crippen LogP contribution < -0.4 is 15.0 Å². The fourth-order valence-electron chi connectivity index (χ4n) is 2.75. The standard InChI is InChI=1S/C22H22N2O2/c1-26-21-15-9-8-14-20(21)23-16-22(25)24(19-12-6-3-7-13-19)17-18-10-4-2-5-11-18/h2-15,23H,16-17H2,1H3. The van der Waals surface area contributed by atoms with Gasteiger partial charge in [-0.05, 0) is 29.8 Å². The Morgan fingerprint density at radius 1 is 0.885 bits per heavy atom. The minimum atomic E-state index is -0.00837. The van der Waals surface area contributed by atoms with E-state index in [4.69, 9.17) is 4.74 Å². The van der Waals surface area contributed by atoms with E-state index in [1.165, 1.54) is 0 Å². The van der Waals surface area contributed by atoms with E-state index in [2.05, 4.69) is 5.32 Å². The van der Waals surface area contributed by atoms with Crippen molar-refractivity contribution in [3.8, 4) is 5.75 Å². The fourth-order valence-corrected chi connectivity index (χ4v) is 2.75. The fraction of sp³-hybridized carbons (Fsp3) is 0.136. The summed E-state index contributed by atoms with van der Waals surface area (Å²) in [4.78, 5) is 14.7. The van der Waals surface area contributed by atoms with Crippen LogP contribution in [0.25, 0.3) is 0 Å². The molecular formula is C22H22N2O2. The lowest BCUT2D eigenvalue weighted by atomic mass is 10.2. The first-order chi connectivity index (χ1) is 12.8. The van der Waals surface area contributed by atoms with E-state index in [0.717, 1.165) is 22.7 Å². The van der Waals surface area contributed by atoms with Gasteiger partial charge >= 0.3 is 0 Å². The monoisotopic (exact) mass is 346 g/mol. The molecule has 3 rings (SSSR count). The molecule has 0 bridgehead atoms. The second kappa shape index (κ2) is 8.72. The second-order valence-electron chi connectivity index (χ2n) is 5.85. The van der Waals surface area contributed by atoms with Crippen LogP contribution in [-0.4, -0.2) is 19.6 Å². The summed E-state index contributed by atoms with van der Waals surface area (Å²) < 4.78 is 5.33. The van der Waals surface area contributed by atoms with E-state index < -0.39 is 0 Å². The number of benzene rings is 3. The third-order valence-electron chi connectivity index (χ3n) is 4.09. The van der Waals surface area contributed by atoms with Crippen LogP contribution in [0.5, 0.6) is 5.75 Å². The number of nitrogens with one attached hydrogen (secondary N) is 1. The van der Waals surface area contributed by atoms with Crippen LogP contribution in [0.2, 0.25) is 0 Å². The Bertz CT molecular complexity index is 835. The SMILES string of the molecule is COc1ccccc1NCC(=O)N(Cc1ccccc1)c1ccccc1. The molecule has 1 amide bonds. The molecule has 0 fully saturated rings. The lowest BCUT2D eigenvalue weighted by Gasteiger charge is -2.24. The molecule has 3 aromatic rings. The first-order valence-electron chi connectivity index (χ1n) is 8.54. The average molecular weight is 346 g/mol. The van der Waals surface area contributed by atoms with Crippen molar-refractivity contribution in [1.29, 1.82) is 0 Å². The first-order valence-corrected chi connectivity index (χ1v) is 8.54. The van der Waals surface area contributed by atoms with E-state index in [0.29, 0.717) is 6.54 Å². The van der Waals surface area contributed by atoms with Crippen LogP contribution in [0.3, 0.4) is 0 Å². The number of ether oxygens (including phenoxy) is 1. The number of carbonyl (C=O) groups excluding carboxylic acids is 1. The maximum absolute atomic E-state index is 12.9. The van der Waals surface area contributed by atoms with Gasteiger partial charge in [0, 0.05) is 5.69 Å². The smallest absolute Gasteiger partial charge is 0.246 e. The number of rotatable bonds is 7. The van der Waals surface area contributed by atoms with Crippen LogP contribution in [0, 0.1) is 0 Å². The van der Waals surface area contributed by atoms with Crippen LogP contribution in [-0.2, 0) is 11.3 Å². The molecule has 0 heterocycles. The van der Waals surface area contributed by atoms with Crippen molar-refractivity contribution in [2.45, 2.75) is 6.54 Å². The number of methoxy groups -OCH3 is 1. The van der Waals surface area contributed by atoms with Crippen molar-refractivity contribution >= 4 is 17.3 Å². The summed E-state index contributed by atoms with van der Waals surface area (Å²) in [5.41, 5.74) is 2.77. The highest BCUT2D eigenvalue weighted by Gasteiger charge is 2.16. The molecule has 0 atom stereocenters. The van der Waals surface area contributed by atoms with E-state index in [1.807, 2.05) is 84.9 Å². The Labute approximate surface area is 154 Å². The predicted molar refractivity (Wildman–Crippen MR) is 106 cm³/mol. The van der Waals surface area contributed by atoms with E-state index in [-0.39, 0.29) is 12.5 Å². The molecule has 0 aliphatic carbocycles. The zero-order chi connectivity index (χ0) is 18.2. The zero-order valence-electron chi connectivity index (χ0n) is 14.8. The summed E-state index contributed by atoms with van der Waals surface area (Å²) in [6, 6.07) is 27.3. The molecular weight excluding hydrogens is 324 g/mol. The maximum atomic E-state index is 12.9. The molecule has 0 spiro atoms. The molecule has 3 aromatic carbocycles. The quantitative estimate of drug-likeness (QED) is 0.692. The summed E-state index contributed by atoms with van der Waals surface area (Å²) >= 11 is 0. The van der Waals surface area contributed by atoms with E-state index in [1.54, 1.807) is 12.0 Å². The van der Waals surface area contributed by atoms with Gasteiger partial charge in [0.25, 0.3) is 0 Å². The van der Waals surface area contributed by atoms with Gasteiger partial charge in [-0.3, -0.25) is 4.79 Å². The minimum absolute atomic E-state index is 0.00837. The number of amides is 1. The maximum Gasteiger partial charge on any atom is 0.246 e. The van der Waals surface area contributed by atoms with Gasteiger partial charge in [0.05, 0.1) is 25.9 Å². The topological polar surface area (TPSA) is 41.6 Å². The molecule has 0 aromatic heterocycles. The summed E-state index contributed by atoms with van der Waals surface area (Å²) in [5.74, 6) is 0.709. The summed E-state index contributed by atoms with van der Waals surface area (Å²) in [6.45, 7) is 0.708. The van der Waals surface area contributed by atoms with Crippen molar-refractivity contribution in [3.05, 3.63) is 90.5 Å². The van der Waals surface area contributed by atoms with Gasteiger partial charge in [-0.1, -0.05) is 60.7 Å². The molecule has 0 radical (unpaired) electrons. The number of nitrogens with zero attached hydrogens (tertiary/aromatic N) is 1. The van der Waals surface area contributed by atoms with Gasteiger partial charge in [-0.15, -0.1) is 0 Å². The highest BCUT2D eigenvalue weighted by Crippen LogP contribution is 2.23. The molecule has 0 saturated heterocycles. The van der Waals surface area contributed by atoms with E-state index >= 15 is 0 Å². The predicted octanol–water partition coefficient (Wildman–Crippen LogP) is 4.34. The zero-order valence-corrected chi connectivity index (χ0v) is 14.8. The number of anilines is 2. The molecule has 132 valence electrons. The molecule has 26 heavy (non-hydrogen) atoms. The highest BCUT2D eigenvalue weighted by atomic mass is 16.5. The molecule has 1 N–H and O–H groups in total. The van der Waals surface area contributed by atoms with Crippen molar-refractivity contribution in [2.24, 2.45) is 0 Å². The Hall–Kier alpha value is -3.27. The van der Waals surface area contributed by atoms with Crippen LogP contribution in [0.4, 0.5) is 11.4 Å². The molecule has 4 nitrogen and oxygen atoms in total. The van der Waals surface area contributed by atoms with Crippen LogP contribution in [0.15, 0.2) is 84.9 Å². The third kappa shape index (κ3) is 4.42. The lowest BCUT2D eigenvalue weighted by Crippen LogP contribution is -2.35. The molecule has 0 saturated carbocycles. The second-order valence-corrected chi connectivity index (χ2v) is 5.85. The summed E-state index contributed by atoms with van der Waals surface area (Å²) in [7, 11) is 1.62. The van der Waals surface area contributed by atoms with Gasteiger partial charge in [-0.2, -0.15) is 0 Å². The van der Waals surface area contributed by atoms with E-state index in [9.17, 15) is 4.79 Å². The molecule has 0 unspecified atom stereocenters.